The number of aryl methyl sites for hydroxylation is 1. The summed E-state index contributed by atoms with van der Waals surface area (Å²) in [4.78, 5) is 24.5. The summed E-state index contributed by atoms with van der Waals surface area (Å²) in [7, 11) is 1.48. The van der Waals surface area contributed by atoms with Crippen LogP contribution in [-0.2, 0) is 14.3 Å². The zero-order chi connectivity index (χ0) is 20.7. The van der Waals surface area contributed by atoms with E-state index in [-0.39, 0.29) is 5.57 Å². The lowest BCUT2D eigenvalue weighted by molar-refractivity contribution is -0.148. The van der Waals surface area contributed by atoms with Crippen molar-refractivity contribution in [3.63, 3.8) is 0 Å². The molecule has 28 heavy (non-hydrogen) atoms. The number of hydrogen-bond acceptors (Lipinski definition) is 5. The summed E-state index contributed by atoms with van der Waals surface area (Å²) in [5.74, 6) is -0.959. The van der Waals surface area contributed by atoms with Crippen molar-refractivity contribution >= 4 is 35.2 Å². The topological polar surface area (TPSA) is 88.4 Å². The highest BCUT2D eigenvalue weighted by molar-refractivity contribution is 6.32. The van der Waals surface area contributed by atoms with E-state index in [0.29, 0.717) is 22.0 Å². The molecule has 2 aromatic carbocycles. The highest BCUT2D eigenvalue weighted by atomic mass is 35.5. The van der Waals surface area contributed by atoms with Crippen LogP contribution in [0.15, 0.2) is 48.0 Å². The maximum atomic E-state index is 12.3. The number of benzene rings is 2. The van der Waals surface area contributed by atoms with E-state index in [1.807, 2.05) is 19.1 Å². The second-order valence-electron chi connectivity index (χ2n) is 5.97. The predicted molar refractivity (Wildman–Crippen MR) is 107 cm³/mol. The minimum atomic E-state index is -1.11. The first-order valence-electron chi connectivity index (χ1n) is 8.38. The van der Waals surface area contributed by atoms with E-state index in [1.54, 1.807) is 30.3 Å². The van der Waals surface area contributed by atoms with Crippen LogP contribution in [0.4, 0.5) is 5.69 Å². The molecule has 0 aromatic heterocycles. The van der Waals surface area contributed by atoms with Crippen LogP contribution in [0.25, 0.3) is 6.08 Å². The lowest BCUT2D eigenvalue weighted by Crippen LogP contribution is -2.30. The maximum Gasteiger partial charge on any atom is 0.349 e. The van der Waals surface area contributed by atoms with Crippen LogP contribution in [0.3, 0.4) is 0 Å². The van der Waals surface area contributed by atoms with Crippen molar-refractivity contribution in [2.75, 3.05) is 12.4 Å². The van der Waals surface area contributed by atoms with E-state index in [0.717, 1.165) is 5.56 Å². The fourth-order valence-electron chi connectivity index (χ4n) is 2.23. The zero-order valence-corrected chi connectivity index (χ0v) is 16.4. The Labute approximate surface area is 168 Å². The van der Waals surface area contributed by atoms with Crippen LogP contribution in [0.2, 0.25) is 5.02 Å². The molecule has 0 fully saturated rings. The summed E-state index contributed by atoms with van der Waals surface area (Å²) in [5, 5.41) is 12.2. The highest BCUT2D eigenvalue weighted by Gasteiger charge is 2.21. The molecule has 1 N–H and O–H groups in total. The fourth-order valence-corrected chi connectivity index (χ4v) is 2.49. The van der Waals surface area contributed by atoms with Gasteiger partial charge in [0.1, 0.15) is 17.4 Å². The summed E-state index contributed by atoms with van der Waals surface area (Å²) in [6, 6.07) is 13.8. The number of nitrogens with one attached hydrogen (secondary N) is 1. The molecule has 6 nitrogen and oxygen atoms in total. The summed E-state index contributed by atoms with van der Waals surface area (Å²) in [6.07, 6.45) is 0.304. The van der Waals surface area contributed by atoms with E-state index < -0.39 is 18.0 Å². The van der Waals surface area contributed by atoms with Crippen molar-refractivity contribution in [2.24, 2.45) is 0 Å². The molecule has 0 heterocycles. The molecule has 0 unspecified atom stereocenters. The largest absolute Gasteiger partial charge is 0.495 e. The lowest BCUT2D eigenvalue weighted by atomic mass is 10.1. The molecule has 1 amide bonds. The van der Waals surface area contributed by atoms with Crippen LogP contribution in [-0.4, -0.2) is 25.1 Å². The first-order valence-corrected chi connectivity index (χ1v) is 8.75. The summed E-state index contributed by atoms with van der Waals surface area (Å²) >= 11 is 6.02. The van der Waals surface area contributed by atoms with Gasteiger partial charge in [-0.1, -0.05) is 41.4 Å². The number of rotatable bonds is 6. The Bertz CT molecular complexity index is 946. The molecule has 0 spiro atoms. The normalized spacial score (nSPS) is 11.9. The van der Waals surface area contributed by atoms with Gasteiger partial charge < -0.3 is 14.8 Å². The number of anilines is 1. The monoisotopic (exact) mass is 398 g/mol. The van der Waals surface area contributed by atoms with Crippen LogP contribution < -0.4 is 10.1 Å². The van der Waals surface area contributed by atoms with Crippen molar-refractivity contribution in [3.05, 3.63) is 64.2 Å². The van der Waals surface area contributed by atoms with Gasteiger partial charge in [0.2, 0.25) is 0 Å². The Morgan fingerprint density at radius 2 is 1.89 bits per heavy atom. The first kappa shape index (κ1) is 21.0. The smallest absolute Gasteiger partial charge is 0.349 e. The number of nitrogens with zero attached hydrogens (tertiary/aromatic N) is 1. The minimum absolute atomic E-state index is 0.198. The average Bonchev–Trinajstić information content (AvgIpc) is 2.67. The van der Waals surface area contributed by atoms with Gasteiger partial charge in [0, 0.05) is 5.69 Å². The Morgan fingerprint density at radius 1 is 1.21 bits per heavy atom. The van der Waals surface area contributed by atoms with Gasteiger partial charge in [0.05, 0.1) is 12.1 Å². The molecule has 0 radical (unpaired) electrons. The maximum absolute atomic E-state index is 12.3. The fraction of sp³-hybridized carbons (Fsp3) is 0.190. The average molecular weight is 399 g/mol. The summed E-state index contributed by atoms with van der Waals surface area (Å²) in [5.41, 5.74) is 1.97. The molecule has 2 rings (SSSR count). The molecular formula is C21H19ClN2O4. The summed E-state index contributed by atoms with van der Waals surface area (Å²) in [6.45, 7) is 3.35. The van der Waals surface area contributed by atoms with Gasteiger partial charge in [-0.15, -0.1) is 0 Å². The van der Waals surface area contributed by atoms with E-state index in [1.165, 1.54) is 26.2 Å². The predicted octanol–water partition coefficient (Wildman–Crippen LogP) is 4.13. The van der Waals surface area contributed by atoms with Crippen molar-refractivity contribution in [2.45, 2.75) is 20.0 Å². The highest BCUT2D eigenvalue weighted by Crippen LogP contribution is 2.27. The van der Waals surface area contributed by atoms with Crippen LogP contribution in [0.5, 0.6) is 5.75 Å². The number of carbonyl (C=O) groups is 2. The van der Waals surface area contributed by atoms with Crippen molar-refractivity contribution in [1.29, 1.82) is 5.26 Å². The zero-order valence-electron chi connectivity index (χ0n) is 15.7. The Kier molecular flexibility index (Phi) is 7.19. The van der Waals surface area contributed by atoms with Crippen molar-refractivity contribution < 1.29 is 19.1 Å². The minimum Gasteiger partial charge on any atom is -0.495 e. The third-order valence-corrected chi connectivity index (χ3v) is 4.10. The number of methoxy groups -OCH3 is 1. The first-order chi connectivity index (χ1) is 13.3. The lowest BCUT2D eigenvalue weighted by Gasteiger charge is -2.14. The molecule has 1 atom stereocenters. The second-order valence-corrected chi connectivity index (χ2v) is 6.37. The van der Waals surface area contributed by atoms with Crippen LogP contribution in [0.1, 0.15) is 18.1 Å². The number of esters is 1. The van der Waals surface area contributed by atoms with Gasteiger partial charge in [-0.2, -0.15) is 5.26 Å². The number of nitriles is 1. The molecule has 0 aliphatic heterocycles. The number of carbonyl (C=O) groups excluding carboxylic acids is 2. The molecular weight excluding hydrogens is 380 g/mol. The van der Waals surface area contributed by atoms with Crippen LogP contribution >= 0.6 is 11.6 Å². The van der Waals surface area contributed by atoms with Gasteiger partial charge in [-0.25, -0.2) is 4.79 Å². The van der Waals surface area contributed by atoms with Crippen LogP contribution in [0, 0.1) is 18.3 Å². The quantitative estimate of drug-likeness (QED) is 0.449. The molecule has 7 heteroatoms. The molecule has 144 valence electrons. The van der Waals surface area contributed by atoms with Gasteiger partial charge in [0.15, 0.2) is 6.10 Å². The summed E-state index contributed by atoms with van der Waals surface area (Å²) < 4.78 is 10.2. The number of amides is 1. The second kappa shape index (κ2) is 9.58. The van der Waals surface area contributed by atoms with Gasteiger partial charge in [-0.05, 0) is 43.7 Å². The molecule has 0 bridgehead atoms. The van der Waals surface area contributed by atoms with Gasteiger partial charge in [-0.3, -0.25) is 4.79 Å². The SMILES string of the molecule is COc1ccc(NC(=O)[C@@H](C)OC(=O)/C(C#N)=C/c2ccc(C)cc2)cc1Cl. The number of hydrogen-bond donors (Lipinski definition) is 1. The van der Waals surface area contributed by atoms with E-state index >= 15 is 0 Å². The molecule has 0 saturated carbocycles. The van der Waals surface area contributed by atoms with E-state index in [2.05, 4.69) is 5.32 Å². The Hall–Kier alpha value is -3.30. The van der Waals surface area contributed by atoms with Crippen molar-refractivity contribution in [3.8, 4) is 11.8 Å². The Morgan fingerprint density at radius 3 is 2.46 bits per heavy atom. The van der Waals surface area contributed by atoms with Gasteiger partial charge >= 0.3 is 5.97 Å². The van der Waals surface area contributed by atoms with E-state index in [4.69, 9.17) is 21.1 Å². The molecule has 0 aliphatic rings. The standard InChI is InChI=1S/C21H19ClN2O4/c1-13-4-6-15(7-5-13)10-16(12-23)21(26)28-14(2)20(25)24-17-8-9-19(27-3)18(22)11-17/h4-11,14H,1-3H3,(H,24,25)/b16-10+/t14-/m1/s1. The van der Waals surface area contributed by atoms with E-state index in [9.17, 15) is 14.9 Å². The Balaban J connectivity index is 2.03. The third-order valence-electron chi connectivity index (χ3n) is 3.80. The molecule has 0 aliphatic carbocycles. The number of halogens is 1. The van der Waals surface area contributed by atoms with Crippen molar-refractivity contribution in [1.82, 2.24) is 0 Å². The molecule has 2 aromatic rings. The van der Waals surface area contributed by atoms with Gasteiger partial charge in [0.25, 0.3) is 5.91 Å². The molecule has 0 saturated heterocycles. The number of ether oxygens (including phenoxy) is 2. The third kappa shape index (κ3) is 5.60.